The van der Waals surface area contributed by atoms with Gasteiger partial charge in [0.1, 0.15) is 6.04 Å². The van der Waals surface area contributed by atoms with Gasteiger partial charge in [-0.1, -0.05) is 32.9 Å². The summed E-state index contributed by atoms with van der Waals surface area (Å²) in [6.45, 7) is 6.80. The van der Waals surface area contributed by atoms with Crippen LogP contribution in [0, 0.1) is 11.3 Å². The molecule has 1 aromatic carbocycles. The first-order valence-corrected chi connectivity index (χ1v) is 7.66. The normalized spacial score (nSPS) is 17.0. The number of rotatable bonds is 2. The molecule has 4 heteroatoms. The van der Waals surface area contributed by atoms with E-state index in [2.05, 4.69) is 31.8 Å². The summed E-state index contributed by atoms with van der Waals surface area (Å²) in [5, 5.41) is 9.62. The molecule has 0 saturated heterocycles. The molecule has 0 radical (unpaired) electrons. The third-order valence-corrected chi connectivity index (χ3v) is 4.24. The van der Waals surface area contributed by atoms with Gasteiger partial charge >= 0.3 is 0 Å². The summed E-state index contributed by atoms with van der Waals surface area (Å²) in [7, 11) is 0. The molecule has 4 nitrogen and oxygen atoms in total. The van der Waals surface area contributed by atoms with Crippen molar-refractivity contribution in [3.63, 3.8) is 0 Å². The minimum Gasteiger partial charge on any atom is -0.314 e. The highest BCUT2D eigenvalue weighted by Gasteiger charge is 2.37. The molecule has 2 aromatic rings. The fourth-order valence-electron chi connectivity index (χ4n) is 2.88. The topological polar surface area (TPSA) is 57.0 Å². The molecule has 0 N–H and O–H groups in total. The third-order valence-electron chi connectivity index (χ3n) is 4.24. The van der Waals surface area contributed by atoms with Crippen molar-refractivity contribution in [3.8, 4) is 6.07 Å². The highest BCUT2D eigenvalue weighted by molar-refractivity contribution is 5.99. The Balaban J connectivity index is 1.99. The lowest BCUT2D eigenvalue weighted by Crippen LogP contribution is -2.26. The van der Waals surface area contributed by atoms with Crippen LogP contribution in [0.25, 0.3) is 0 Å². The van der Waals surface area contributed by atoms with Crippen LogP contribution in [0.4, 0.5) is 0 Å². The number of aromatic nitrogens is 1. The van der Waals surface area contributed by atoms with Gasteiger partial charge in [0.2, 0.25) is 0 Å². The Labute approximate surface area is 136 Å². The molecule has 1 aliphatic rings. The van der Waals surface area contributed by atoms with Crippen molar-refractivity contribution in [1.29, 1.82) is 5.26 Å². The zero-order chi connectivity index (χ0) is 16.6. The predicted octanol–water partition coefficient (Wildman–Crippen LogP) is 3.60. The van der Waals surface area contributed by atoms with Crippen molar-refractivity contribution in [2.24, 2.45) is 0 Å². The zero-order valence-corrected chi connectivity index (χ0v) is 13.6. The van der Waals surface area contributed by atoms with Crippen LogP contribution in [0.3, 0.4) is 0 Å². The fraction of sp³-hybridized carbons (Fsp3) is 0.316. The van der Waals surface area contributed by atoms with Crippen LogP contribution < -0.4 is 0 Å². The SMILES string of the molecule is CC(C)(C)c1ccc2c(c1)C(C#N)N(Cc1ccncc1)C2=O. The molecule has 0 aliphatic carbocycles. The molecule has 23 heavy (non-hydrogen) atoms. The maximum atomic E-state index is 12.7. The van der Waals surface area contributed by atoms with E-state index in [4.69, 9.17) is 0 Å². The lowest BCUT2D eigenvalue weighted by atomic mass is 9.85. The quantitative estimate of drug-likeness (QED) is 0.851. The van der Waals surface area contributed by atoms with Crippen molar-refractivity contribution < 1.29 is 4.79 Å². The molecule has 0 saturated carbocycles. The van der Waals surface area contributed by atoms with Crippen LogP contribution in [0.5, 0.6) is 0 Å². The van der Waals surface area contributed by atoms with Gasteiger partial charge in [0, 0.05) is 30.1 Å². The summed E-state index contributed by atoms with van der Waals surface area (Å²) in [5.41, 5.74) is 3.54. The van der Waals surface area contributed by atoms with Gasteiger partial charge in [0.05, 0.1) is 6.07 Å². The van der Waals surface area contributed by atoms with E-state index in [0.29, 0.717) is 12.1 Å². The van der Waals surface area contributed by atoms with E-state index < -0.39 is 6.04 Å². The molecular formula is C19H19N3O. The van der Waals surface area contributed by atoms with Crippen LogP contribution in [0.1, 0.15) is 53.9 Å². The Morgan fingerprint density at radius 2 is 1.91 bits per heavy atom. The average molecular weight is 305 g/mol. The highest BCUT2D eigenvalue weighted by atomic mass is 16.2. The Morgan fingerprint density at radius 3 is 2.52 bits per heavy atom. The Bertz CT molecular complexity index is 784. The molecule has 0 bridgehead atoms. The number of fused-ring (bicyclic) bond motifs is 1. The number of pyridine rings is 1. The average Bonchev–Trinajstić information content (AvgIpc) is 2.79. The van der Waals surface area contributed by atoms with E-state index in [1.54, 1.807) is 17.3 Å². The Morgan fingerprint density at radius 1 is 1.22 bits per heavy atom. The van der Waals surface area contributed by atoms with Crippen molar-refractivity contribution >= 4 is 5.91 Å². The number of benzene rings is 1. The maximum absolute atomic E-state index is 12.7. The van der Waals surface area contributed by atoms with E-state index in [-0.39, 0.29) is 11.3 Å². The van der Waals surface area contributed by atoms with Crippen LogP contribution in [-0.2, 0) is 12.0 Å². The largest absolute Gasteiger partial charge is 0.314 e. The molecule has 0 spiro atoms. The van der Waals surface area contributed by atoms with Crippen molar-refractivity contribution in [1.82, 2.24) is 9.88 Å². The molecule has 3 rings (SSSR count). The van der Waals surface area contributed by atoms with Crippen LogP contribution >= 0.6 is 0 Å². The van der Waals surface area contributed by atoms with Gasteiger partial charge in [-0.15, -0.1) is 0 Å². The van der Waals surface area contributed by atoms with Crippen LogP contribution in [0.2, 0.25) is 0 Å². The lowest BCUT2D eigenvalue weighted by molar-refractivity contribution is 0.0744. The van der Waals surface area contributed by atoms with Gasteiger partial charge in [-0.2, -0.15) is 5.26 Å². The monoisotopic (exact) mass is 305 g/mol. The number of hydrogen-bond acceptors (Lipinski definition) is 3. The second-order valence-corrected chi connectivity index (χ2v) is 6.87. The first kappa shape index (κ1) is 15.2. The van der Waals surface area contributed by atoms with Gasteiger partial charge in [-0.3, -0.25) is 9.78 Å². The summed E-state index contributed by atoms with van der Waals surface area (Å²) < 4.78 is 0. The first-order chi connectivity index (χ1) is 10.9. The van der Waals surface area contributed by atoms with E-state index in [1.165, 1.54) is 0 Å². The molecule has 1 aromatic heterocycles. The summed E-state index contributed by atoms with van der Waals surface area (Å²) in [5.74, 6) is -0.0798. The number of nitriles is 1. The van der Waals surface area contributed by atoms with E-state index in [1.807, 2.05) is 30.3 Å². The Hall–Kier alpha value is -2.67. The van der Waals surface area contributed by atoms with Gasteiger partial charge in [-0.05, 0) is 34.7 Å². The Kier molecular flexibility index (Phi) is 3.65. The summed E-state index contributed by atoms with van der Waals surface area (Å²) >= 11 is 0. The number of nitrogens with zero attached hydrogens (tertiary/aromatic N) is 3. The maximum Gasteiger partial charge on any atom is 0.255 e. The van der Waals surface area contributed by atoms with Gasteiger partial charge in [0.25, 0.3) is 5.91 Å². The number of carbonyl (C=O) groups is 1. The van der Waals surface area contributed by atoms with Gasteiger partial charge < -0.3 is 4.90 Å². The van der Waals surface area contributed by atoms with Crippen LogP contribution in [0.15, 0.2) is 42.7 Å². The van der Waals surface area contributed by atoms with E-state index in [9.17, 15) is 10.1 Å². The van der Waals surface area contributed by atoms with Gasteiger partial charge in [-0.25, -0.2) is 0 Å². The van der Waals surface area contributed by atoms with Crippen LogP contribution in [-0.4, -0.2) is 15.8 Å². The van der Waals surface area contributed by atoms with Crippen molar-refractivity contribution in [3.05, 3.63) is 65.0 Å². The molecule has 1 amide bonds. The fourth-order valence-corrected chi connectivity index (χ4v) is 2.88. The second kappa shape index (κ2) is 5.51. The minimum atomic E-state index is -0.534. The smallest absolute Gasteiger partial charge is 0.255 e. The molecule has 0 fully saturated rings. The second-order valence-electron chi connectivity index (χ2n) is 6.87. The summed E-state index contributed by atoms with van der Waals surface area (Å²) in [6.07, 6.45) is 3.39. The van der Waals surface area contributed by atoms with Crippen molar-refractivity contribution in [2.45, 2.75) is 38.8 Å². The summed E-state index contributed by atoms with van der Waals surface area (Å²) in [4.78, 5) is 18.3. The molecule has 1 atom stereocenters. The minimum absolute atomic E-state index is 0.0173. The molecule has 1 aliphatic heterocycles. The zero-order valence-electron chi connectivity index (χ0n) is 13.6. The number of carbonyl (C=O) groups excluding carboxylic acids is 1. The third kappa shape index (κ3) is 2.70. The predicted molar refractivity (Wildman–Crippen MR) is 87.6 cm³/mol. The molecule has 116 valence electrons. The lowest BCUT2D eigenvalue weighted by Gasteiger charge is -2.21. The molecular weight excluding hydrogens is 286 g/mol. The molecule has 2 heterocycles. The standard InChI is InChI=1S/C19H19N3O/c1-19(2,3)14-4-5-15-16(10-14)17(11-20)22(18(15)23)12-13-6-8-21-9-7-13/h4-10,17H,12H2,1-3H3. The van der Waals surface area contributed by atoms with Crippen molar-refractivity contribution in [2.75, 3.05) is 0 Å². The summed E-state index contributed by atoms with van der Waals surface area (Å²) in [6, 6.07) is 11.3. The first-order valence-electron chi connectivity index (χ1n) is 7.66. The molecule has 1 unspecified atom stereocenters. The highest BCUT2D eigenvalue weighted by Crippen LogP contribution is 2.37. The number of hydrogen-bond donors (Lipinski definition) is 0. The van der Waals surface area contributed by atoms with Gasteiger partial charge in [0.15, 0.2) is 0 Å². The number of amides is 1. The van der Waals surface area contributed by atoms with E-state index >= 15 is 0 Å². The van der Waals surface area contributed by atoms with E-state index in [0.717, 1.165) is 16.7 Å².